The van der Waals surface area contributed by atoms with Crippen molar-refractivity contribution in [3.05, 3.63) is 40.7 Å². The van der Waals surface area contributed by atoms with Gasteiger partial charge in [0.1, 0.15) is 6.10 Å². The van der Waals surface area contributed by atoms with Crippen LogP contribution >= 0.6 is 12.2 Å². The first-order valence-corrected chi connectivity index (χ1v) is 6.49. The fourth-order valence-corrected chi connectivity index (χ4v) is 2.17. The topological polar surface area (TPSA) is 68.1 Å². The number of ether oxygens (including phenoxy) is 1. The first-order valence-electron chi connectivity index (χ1n) is 6.08. The Morgan fingerprint density at radius 1 is 1.58 bits per heavy atom. The van der Waals surface area contributed by atoms with Gasteiger partial charge in [0.2, 0.25) is 4.77 Å². The van der Waals surface area contributed by atoms with Crippen LogP contribution in [0.25, 0.3) is 0 Å². The molecule has 1 atom stereocenters. The van der Waals surface area contributed by atoms with Crippen LogP contribution in [0.2, 0.25) is 0 Å². The van der Waals surface area contributed by atoms with Gasteiger partial charge in [0, 0.05) is 24.6 Å². The average Bonchev–Trinajstić information content (AvgIpc) is 3.07. The molecule has 0 radical (unpaired) electrons. The second-order valence-corrected chi connectivity index (χ2v) is 4.62. The molecule has 1 saturated heterocycles. The highest BCUT2D eigenvalue weighted by Gasteiger charge is 2.23. The normalized spacial score (nSPS) is 19.3. The van der Waals surface area contributed by atoms with E-state index in [0.29, 0.717) is 4.77 Å². The Morgan fingerprint density at radius 2 is 2.53 bits per heavy atom. The molecular weight excluding hydrogens is 262 g/mol. The van der Waals surface area contributed by atoms with Gasteiger partial charge >= 0.3 is 0 Å². The van der Waals surface area contributed by atoms with Gasteiger partial charge in [-0.25, -0.2) is 0 Å². The van der Waals surface area contributed by atoms with E-state index in [0.717, 1.165) is 30.8 Å². The summed E-state index contributed by atoms with van der Waals surface area (Å²) in [6.07, 6.45) is 7.12. The van der Waals surface area contributed by atoms with Crippen LogP contribution in [0.3, 0.4) is 0 Å². The third-order valence-corrected chi connectivity index (χ3v) is 3.16. The lowest BCUT2D eigenvalue weighted by atomic mass is 10.2. The van der Waals surface area contributed by atoms with Gasteiger partial charge in [-0.2, -0.15) is 14.9 Å². The van der Waals surface area contributed by atoms with Crippen LogP contribution in [0.4, 0.5) is 0 Å². The molecule has 1 N–H and O–H groups in total. The fraction of sp³-hybridized carbons (Fsp3) is 0.333. The van der Waals surface area contributed by atoms with E-state index in [4.69, 9.17) is 17.0 Å². The number of hydrogen-bond acceptors (Lipinski definition) is 5. The van der Waals surface area contributed by atoms with Crippen molar-refractivity contribution in [2.24, 2.45) is 5.10 Å². The van der Waals surface area contributed by atoms with Crippen molar-refractivity contribution in [1.82, 2.24) is 19.9 Å². The van der Waals surface area contributed by atoms with Gasteiger partial charge in [-0.1, -0.05) is 6.07 Å². The van der Waals surface area contributed by atoms with Crippen LogP contribution in [-0.4, -0.2) is 32.7 Å². The van der Waals surface area contributed by atoms with Gasteiger partial charge in [0.15, 0.2) is 5.82 Å². The van der Waals surface area contributed by atoms with E-state index < -0.39 is 0 Å². The summed E-state index contributed by atoms with van der Waals surface area (Å²) in [7, 11) is 0. The van der Waals surface area contributed by atoms with E-state index in [2.05, 4.69) is 20.3 Å². The molecule has 1 fully saturated rings. The zero-order chi connectivity index (χ0) is 13.1. The molecule has 2 aromatic rings. The average molecular weight is 275 g/mol. The highest BCUT2D eigenvalue weighted by molar-refractivity contribution is 7.71. The molecule has 1 aliphatic rings. The summed E-state index contributed by atoms with van der Waals surface area (Å²) in [4.78, 5) is 4.03. The van der Waals surface area contributed by atoms with Crippen molar-refractivity contribution < 1.29 is 4.74 Å². The van der Waals surface area contributed by atoms with E-state index >= 15 is 0 Å². The summed E-state index contributed by atoms with van der Waals surface area (Å²) in [5, 5.41) is 11.3. The zero-order valence-corrected chi connectivity index (χ0v) is 11.0. The zero-order valence-electron chi connectivity index (χ0n) is 10.2. The maximum atomic E-state index is 5.61. The van der Waals surface area contributed by atoms with Crippen molar-refractivity contribution in [2.75, 3.05) is 6.61 Å². The second-order valence-electron chi connectivity index (χ2n) is 4.23. The SMILES string of the molecule is S=c1[nH]nc(C2CCCO2)n1/N=C\c1cccnc1. The van der Waals surface area contributed by atoms with Crippen LogP contribution in [0.1, 0.15) is 30.3 Å². The van der Waals surface area contributed by atoms with Gasteiger partial charge < -0.3 is 4.74 Å². The van der Waals surface area contributed by atoms with Crippen LogP contribution in [0.5, 0.6) is 0 Å². The predicted molar refractivity (Wildman–Crippen MR) is 72.6 cm³/mol. The second kappa shape index (κ2) is 5.41. The molecule has 1 aliphatic heterocycles. The van der Waals surface area contributed by atoms with Crippen LogP contribution < -0.4 is 0 Å². The number of hydrogen-bond donors (Lipinski definition) is 1. The molecule has 0 amide bonds. The maximum absolute atomic E-state index is 5.61. The molecule has 98 valence electrons. The van der Waals surface area contributed by atoms with E-state index in [9.17, 15) is 0 Å². The molecule has 3 heterocycles. The highest BCUT2D eigenvalue weighted by Crippen LogP contribution is 2.26. The summed E-state index contributed by atoms with van der Waals surface area (Å²) in [5.74, 6) is 0.725. The van der Waals surface area contributed by atoms with E-state index in [1.54, 1.807) is 23.3 Å². The summed E-state index contributed by atoms with van der Waals surface area (Å²) < 4.78 is 7.68. The Hall–Kier alpha value is -1.86. The summed E-state index contributed by atoms with van der Waals surface area (Å²) in [6, 6.07) is 3.78. The number of H-pyrrole nitrogens is 1. The monoisotopic (exact) mass is 275 g/mol. The molecule has 7 heteroatoms. The number of rotatable bonds is 3. The summed E-state index contributed by atoms with van der Waals surface area (Å²) in [6.45, 7) is 0.761. The smallest absolute Gasteiger partial charge is 0.216 e. The Morgan fingerprint density at radius 3 is 3.26 bits per heavy atom. The number of aromatic amines is 1. The standard InChI is InChI=1S/C12H13N5OS/c19-12-16-15-11(10-4-2-6-18-10)17(12)14-8-9-3-1-5-13-7-9/h1,3,5,7-8,10H,2,4,6H2,(H,16,19)/b14-8-. The molecule has 0 aromatic carbocycles. The molecule has 6 nitrogen and oxygen atoms in total. The molecule has 0 spiro atoms. The molecule has 2 aromatic heterocycles. The highest BCUT2D eigenvalue weighted by atomic mass is 32.1. The molecule has 0 aliphatic carbocycles. The Labute approximate surface area is 115 Å². The molecule has 3 rings (SSSR count). The summed E-state index contributed by atoms with van der Waals surface area (Å²) in [5.41, 5.74) is 0.906. The molecule has 19 heavy (non-hydrogen) atoms. The van der Waals surface area contributed by atoms with Gasteiger partial charge in [0.05, 0.1) is 6.21 Å². The maximum Gasteiger partial charge on any atom is 0.216 e. The Balaban J connectivity index is 1.90. The molecule has 1 unspecified atom stereocenters. The van der Waals surface area contributed by atoms with Crippen molar-refractivity contribution in [2.45, 2.75) is 18.9 Å². The first-order chi connectivity index (χ1) is 9.34. The van der Waals surface area contributed by atoms with Crippen molar-refractivity contribution >= 4 is 18.4 Å². The number of nitrogens with zero attached hydrogens (tertiary/aromatic N) is 4. The minimum atomic E-state index is -0.0287. The van der Waals surface area contributed by atoms with E-state index in [-0.39, 0.29) is 6.10 Å². The minimum absolute atomic E-state index is 0.0287. The Kier molecular flexibility index (Phi) is 3.47. The number of nitrogens with one attached hydrogen (secondary N) is 1. The van der Waals surface area contributed by atoms with Crippen LogP contribution in [0, 0.1) is 4.77 Å². The van der Waals surface area contributed by atoms with E-state index in [1.165, 1.54) is 0 Å². The largest absolute Gasteiger partial charge is 0.370 e. The van der Waals surface area contributed by atoms with Crippen molar-refractivity contribution in [3.8, 4) is 0 Å². The van der Waals surface area contributed by atoms with Crippen LogP contribution in [-0.2, 0) is 4.74 Å². The van der Waals surface area contributed by atoms with Gasteiger partial charge in [0.25, 0.3) is 0 Å². The summed E-state index contributed by atoms with van der Waals surface area (Å²) >= 11 is 5.18. The number of pyridine rings is 1. The molecule has 0 bridgehead atoms. The predicted octanol–water partition coefficient (Wildman–Crippen LogP) is 2.07. The Bertz CT molecular complexity index is 627. The third kappa shape index (κ3) is 2.61. The van der Waals surface area contributed by atoms with E-state index in [1.807, 2.05) is 12.1 Å². The lowest BCUT2D eigenvalue weighted by Crippen LogP contribution is -2.05. The lowest BCUT2D eigenvalue weighted by molar-refractivity contribution is 0.102. The van der Waals surface area contributed by atoms with Crippen molar-refractivity contribution in [3.63, 3.8) is 0 Å². The van der Waals surface area contributed by atoms with Crippen molar-refractivity contribution in [1.29, 1.82) is 0 Å². The fourth-order valence-electron chi connectivity index (χ4n) is 1.98. The first kappa shape index (κ1) is 12.2. The minimum Gasteiger partial charge on any atom is -0.370 e. The molecular formula is C12H13N5OS. The van der Waals surface area contributed by atoms with Gasteiger partial charge in [-0.3, -0.25) is 10.1 Å². The number of aromatic nitrogens is 4. The quantitative estimate of drug-likeness (QED) is 0.688. The van der Waals surface area contributed by atoms with Gasteiger partial charge in [-0.05, 0) is 31.1 Å². The van der Waals surface area contributed by atoms with Gasteiger partial charge in [-0.15, -0.1) is 0 Å². The third-order valence-electron chi connectivity index (χ3n) is 2.90. The van der Waals surface area contributed by atoms with Crippen LogP contribution in [0.15, 0.2) is 29.6 Å². The molecule has 0 saturated carbocycles. The lowest BCUT2D eigenvalue weighted by Gasteiger charge is -2.07.